The van der Waals surface area contributed by atoms with Crippen molar-refractivity contribution in [2.75, 3.05) is 0 Å². The molecule has 2 nitrogen and oxygen atoms in total. The predicted molar refractivity (Wildman–Crippen MR) is 70.1 cm³/mol. The van der Waals surface area contributed by atoms with Crippen LogP contribution in [0.4, 0.5) is 0 Å². The second-order valence-corrected chi connectivity index (χ2v) is 5.81. The van der Waals surface area contributed by atoms with E-state index >= 15 is 0 Å². The van der Waals surface area contributed by atoms with E-state index in [1.165, 1.54) is 37.2 Å². The van der Waals surface area contributed by atoms with E-state index in [-0.39, 0.29) is 5.56 Å². The lowest BCUT2D eigenvalue weighted by molar-refractivity contribution is 0.619. The van der Waals surface area contributed by atoms with Crippen LogP contribution >= 0.6 is 27.5 Å². The number of rotatable bonds is 7. The zero-order valence-electron chi connectivity index (χ0n) is 9.09. The van der Waals surface area contributed by atoms with Gasteiger partial charge in [-0.05, 0) is 12.8 Å². The number of halogens is 1. The van der Waals surface area contributed by atoms with Crippen LogP contribution < -0.4 is 5.56 Å². The molecule has 15 heavy (non-hydrogen) atoms. The van der Waals surface area contributed by atoms with Crippen molar-refractivity contribution in [1.29, 1.82) is 0 Å². The maximum Gasteiger partial charge on any atom is 0.261 e. The monoisotopic (exact) mass is 291 g/mol. The molecule has 0 bridgehead atoms. The van der Waals surface area contributed by atoms with Gasteiger partial charge in [0.15, 0.2) is 0 Å². The molecule has 0 aliphatic heterocycles. The maximum atomic E-state index is 11.3. The van der Waals surface area contributed by atoms with Crippen molar-refractivity contribution in [3.8, 4) is 0 Å². The topological polar surface area (TPSA) is 32.9 Å². The Morgan fingerprint density at radius 3 is 2.87 bits per heavy atom. The van der Waals surface area contributed by atoms with Crippen LogP contribution in [-0.2, 0) is 6.42 Å². The fourth-order valence-corrected chi connectivity index (χ4v) is 2.86. The lowest BCUT2D eigenvalue weighted by Gasteiger charge is -2.07. The third-order valence-electron chi connectivity index (χ3n) is 2.46. The number of aromatic amines is 1. The Kier molecular flexibility index (Phi) is 6.25. The number of nitrogens with one attached hydrogen (secondary N) is 1. The Labute approximate surface area is 103 Å². The average Bonchev–Trinajstić information content (AvgIpc) is 2.59. The zero-order valence-corrected chi connectivity index (χ0v) is 11.5. The molecule has 1 aromatic rings. The average molecular weight is 292 g/mol. The van der Waals surface area contributed by atoms with Crippen molar-refractivity contribution in [3.63, 3.8) is 0 Å². The maximum absolute atomic E-state index is 11.3. The highest BCUT2D eigenvalue weighted by Crippen LogP contribution is 2.16. The van der Waals surface area contributed by atoms with Gasteiger partial charge in [-0.1, -0.05) is 60.1 Å². The Morgan fingerprint density at radius 2 is 2.27 bits per heavy atom. The fourth-order valence-electron chi connectivity index (χ4n) is 1.55. The second kappa shape index (κ2) is 7.23. The van der Waals surface area contributed by atoms with Crippen LogP contribution in [0.25, 0.3) is 0 Å². The van der Waals surface area contributed by atoms with E-state index in [0.717, 1.165) is 18.4 Å². The SMILES string of the molecule is CCCCCCC(Br)Cc1cs[nH]c1=O. The first-order chi connectivity index (χ1) is 7.24. The van der Waals surface area contributed by atoms with Crippen molar-refractivity contribution < 1.29 is 0 Å². The van der Waals surface area contributed by atoms with Crippen LogP contribution in [0.1, 0.15) is 44.6 Å². The highest BCUT2D eigenvalue weighted by molar-refractivity contribution is 9.09. The lowest BCUT2D eigenvalue weighted by atomic mass is 10.1. The number of aromatic nitrogens is 1. The molecule has 1 heterocycles. The minimum atomic E-state index is 0.0815. The summed E-state index contributed by atoms with van der Waals surface area (Å²) in [6.07, 6.45) is 7.17. The van der Waals surface area contributed by atoms with E-state index in [9.17, 15) is 4.79 Å². The predicted octanol–water partition coefficient (Wildman–Crippen LogP) is 3.71. The van der Waals surface area contributed by atoms with Gasteiger partial charge in [-0.2, -0.15) is 0 Å². The molecular weight excluding hydrogens is 274 g/mol. The molecule has 1 atom stereocenters. The molecule has 0 saturated heterocycles. The molecule has 86 valence electrons. The van der Waals surface area contributed by atoms with Gasteiger partial charge < -0.3 is 0 Å². The molecule has 0 amide bonds. The van der Waals surface area contributed by atoms with Gasteiger partial charge in [-0.15, -0.1) is 0 Å². The smallest absolute Gasteiger partial charge is 0.261 e. The van der Waals surface area contributed by atoms with Crippen LogP contribution in [0, 0.1) is 0 Å². The van der Waals surface area contributed by atoms with Gasteiger partial charge in [0.25, 0.3) is 5.56 Å². The first-order valence-corrected chi connectivity index (χ1v) is 7.32. The van der Waals surface area contributed by atoms with Gasteiger partial charge in [0.2, 0.25) is 0 Å². The number of alkyl halides is 1. The van der Waals surface area contributed by atoms with Crippen molar-refractivity contribution in [2.24, 2.45) is 0 Å². The van der Waals surface area contributed by atoms with Crippen molar-refractivity contribution in [1.82, 2.24) is 4.37 Å². The standard InChI is InChI=1S/C11H18BrNOS/c1-2-3-4-5-6-10(12)7-9-8-15-13-11(9)14/h8,10H,2-7H2,1H3,(H,13,14). The summed E-state index contributed by atoms with van der Waals surface area (Å²) in [7, 11) is 0. The van der Waals surface area contributed by atoms with E-state index in [1.54, 1.807) is 0 Å². The number of hydrogen-bond donors (Lipinski definition) is 1. The Hall–Kier alpha value is -0.0900. The molecule has 0 fully saturated rings. The Balaban J connectivity index is 2.21. The summed E-state index contributed by atoms with van der Waals surface area (Å²) in [6, 6.07) is 0. The minimum Gasteiger partial charge on any atom is -0.278 e. The summed E-state index contributed by atoms with van der Waals surface area (Å²) in [6.45, 7) is 2.22. The molecule has 0 aromatic carbocycles. The summed E-state index contributed by atoms with van der Waals surface area (Å²) >= 11 is 5.02. The third-order valence-corrected chi connectivity index (χ3v) is 3.94. The van der Waals surface area contributed by atoms with Gasteiger partial charge in [0, 0.05) is 15.8 Å². The zero-order chi connectivity index (χ0) is 11.1. The first-order valence-electron chi connectivity index (χ1n) is 5.53. The van der Waals surface area contributed by atoms with Crippen molar-refractivity contribution in [3.05, 3.63) is 21.3 Å². The van der Waals surface area contributed by atoms with E-state index < -0.39 is 0 Å². The summed E-state index contributed by atoms with van der Waals surface area (Å²) in [4.78, 5) is 11.7. The van der Waals surface area contributed by atoms with Gasteiger partial charge in [0.05, 0.1) is 0 Å². The quantitative estimate of drug-likeness (QED) is 0.603. The van der Waals surface area contributed by atoms with Gasteiger partial charge >= 0.3 is 0 Å². The summed E-state index contributed by atoms with van der Waals surface area (Å²) < 4.78 is 2.72. The summed E-state index contributed by atoms with van der Waals surface area (Å²) in [5.74, 6) is 0. The molecule has 0 saturated carbocycles. The van der Waals surface area contributed by atoms with Gasteiger partial charge in [0.1, 0.15) is 0 Å². The van der Waals surface area contributed by atoms with E-state index in [0.29, 0.717) is 4.83 Å². The van der Waals surface area contributed by atoms with E-state index in [4.69, 9.17) is 0 Å². The van der Waals surface area contributed by atoms with Gasteiger partial charge in [-0.3, -0.25) is 9.17 Å². The minimum absolute atomic E-state index is 0.0815. The molecule has 4 heteroatoms. The summed E-state index contributed by atoms with van der Waals surface area (Å²) in [5, 5.41) is 1.92. The largest absolute Gasteiger partial charge is 0.278 e. The molecule has 0 spiro atoms. The van der Waals surface area contributed by atoms with Crippen molar-refractivity contribution in [2.45, 2.75) is 50.3 Å². The van der Waals surface area contributed by atoms with Crippen LogP contribution in [0.5, 0.6) is 0 Å². The highest BCUT2D eigenvalue weighted by atomic mass is 79.9. The highest BCUT2D eigenvalue weighted by Gasteiger charge is 2.08. The number of hydrogen-bond acceptors (Lipinski definition) is 2. The van der Waals surface area contributed by atoms with Crippen molar-refractivity contribution >= 4 is 27.5 Å². The molecule has 0 aliphatic carbocycles. The summed E-state index contributed by atoms with van der Waals surface area (Å²) in [5.41, 5.74) is 0.996. The fraction of sp³-hybridized carbons (Fsp3) is 0.727. The van der Waals surface area contributed by atoms with E-state index in [1.807, 2.05) is 5.38 Å². The number of unbranched alkanes of at least 4 members (excludes halogenated alkanes) is 3. The van der Waals surface area contributed by atoms with Gasteiger partial charge in [-0.25, -0.2) is 0 Å². The molecular formula is C11H18BrNOS. The molecule has 0 radical (unpaired) electrons. The van der Waals surface area contributed by atoms with Crippen LogP contribution in [-0.4, -0.2) is 9.20 Å². The molecule has 0 aliphatic rings. The Morgan fingerprint density at radius 1 is 1.47 bits per heavy atom. The van der Waals surface area contributed by atoms with Crippen LogP contribution in [0.3, 0.4) is 0 Å². The molecule has 1 unspecified atom stereocenters. The van der Waals surface area contributed by atoms with Crippen LogP contribution in [0.2, 0.25) is 0 Å². The lowest BCUT2D eigenvalue weighted by Crippen LogP contribution is -2.11. The van der Waals surface area contributed by atoms with Crippen LogP contribution in [0.15, 0.2) is 10.2 Å². The Bertz CT molecular complexity index is 320. The molecule has 1 aromatic heterocycles. The van der Waals surface area contributed by atoms with E-state index in [2.05, 4.69) is 27.2 Å². The third kappa shape index (κ3) is 4.98. The first kappa shape index (κ1) is 13.0. The molecule has 1 N–H and O–H groups in total. The second-order valence-electron chi connectivity index (χ2n) is 3.84. The number of H-pyrrole nitrogens is 1. The molecule has 1 rings (SSSR count). The normalized spacial score (nSPS) is 12.9.